The molecule has 0 aliphatic carbocycles. The minimum absolute atomic E-state index is 0.0223. The molecule has 24 heavy (non-hydrogen) atoms. The number of piperidine rings is 1. The van der Waals surface area contributed by atoms with E-state index >= 15 is 0 Å². The van der Waals surface area contributed by atoms with Crippen LogP contribution in [0.15, 0.2) is 17.2 Å². The summed E-state index contributed by atoms with van der Waals surface area (Å²) in [7, 11) is 0. The van der Waals surface area contributed by atoms with E-state index in [1.165, 1.54) is 21.9 Å². The number of likely N-dealkylation sites (tertiary alicyclic amines) is 1. The van der Waals surface area contributed by atoms with Gasteiger partial charge < -0.3 is 10.0 Å². The maximum absolute atomic E-state index is 12.9. The summed E-state index contributed by atoms with van der Waals surface area (Å²) in [4.78, 5) is 43.6. The number of fused-ring (bicyclic) bond motifs is 1. The van der Waals surface area contributed by atoms with Gasteiger partial charge in [0.15, 0.2) is 4.96 Å². The van der Waals surface area contributed by atoms with Crippen molar-refractivity contribution in [3.63, 3.8) is 0 Å². The molecule has 1 amide bonds. The van der Waals surface area contributed by atoms with Crippen molar-refractivity contribution in [3.8, 4) is 0 Å². The van der Waals surface area contributed by atoms with Crippen molar-refractivity contribution in [2.24, 2.45) is 0 Å². The quantitative estimate of drug-likeness (QED) is 0.910. The lowest BCUT2D eigenvalue weighted by atomic mass is 9.97. The molecule has 0 saturated carbocycles. The largest absolute Gasteiger partial charge is 0.481 e. The number of thiazole rings is 1. The van der Waals surface area contributed by atoms with Gasteiger partial charge in [0.25, 0.3) is 11.5 Å². The Morgan fingerprint density at radius 3 is 2.96 bits per heavy atom. The van der Waals surface area contributed by atoms with E-state index in [0.717, 1.165) is 24.1 Å². The van der Waals surface area contributed by atoms with E-state index < -0.39 is 5.97 Å². The van der Waals surface area contributed by atoms with E-state index in [4.69, 9.17) is 5.11 Å². The van der Waals surface area contributed by atoms with Crippen molar-refractivity contribution in [1.29, 1.82) is 0 Å². The molecule has 1 aliphatic heterocycles. The maximum atomic E-state index is 12.9. The molecule has 1 N–H and O–H groups in total. The van der Waals surface area contributed by atoms with Crippen LogP contribution in [0.3, 0.4) is 0 Å². The predicted octanol–water partition coefficient (Wildman–Crippen LogP) is 1.92. The molecule has 2 aromatic rings. The van der Waals surface area contributed by atoms with Crippen LogP contribution in [0.5, 0.6) is 0 Å². The lowest BCUT2D eigenvalue weighted by molar-refractivity contribution is -0.137. The van der Waals surface area contributed by atoms with Crippen LogP contribution in [0.4, 0.5) is 0 Å². The van der Waals surface area contributed by atoms with Gasteiger partial charge in [0.1, 0.15) is 5.56 Å². The molecule has 128 valence electrons. The molecule has 0 spiro atoms. The monoisotopic (exact) mass is 349 g/mol. The van der Waals surface area contributed by atoms with Gasteiger partial charge in [-0.1, -0.05) is 0 Å². The zero-order valence-corrected chi connectivity index (χ0v) is 14.2. The summed E-state index contributed by atoms with van der Waals surface area (Å²) >= 11 is 1.40. The second kappa shape index (κ2) is 6.72. The average Bonchev–Trinajstić information content (AvgIpc) is 2.94. The Labute approximate surface area is 142 Å². The van der Waals surface area contributed by atoms with Crippen LogP contribution in [0.1, 0.15) is 47.3 Å². The number of rotatable bonds is 4. The van der Waals surface area contributed by atoms with Gasteiger partial charge in [0.2, 0.25) is 0 Å². The van der Waals surface area contributed by atoms with Crippen molar-refractivity contribution in [2.75, 3.05) is 6.54 Å². The third kappa shape index (κ3) is 3.19. The van der Waals surface area contributed by atoms with Gasteiger partial charge in [0, 0.05) is 36.3 Å². The number of carbonyl (C=O) groups excluding carboxylic acids is 1. The fourth-order valence-electron chi connectivity index (χ4n) is 3.15. The highest BCUT2D eigenvalue weighted by Gasteiger charge is 2.29. The van der Waals surface area contributed by atoms with Crippen molar-refractivity contribution in [1.82, 2.24) is 14.3 Å². The molecular formula is C16H19N3O4S. The fraction of sp³-hybridized carbons (Fsp3) is 0.500. The van der Waals surface area contributed by atoms with Gasteiger partial charge in [0.05, 0.1) is 0 Å². The summed E-state index contributed by atoms with van der Waals surface area (Å²) in [5.41, 5.74) is -0.315. The molecule has 1 aliphatic rings. The Morgan fingerprint density at radius 2 is 2.21 bits per heavy atom. The highest BCUT2D eigenvalue weighted by Crippen LogP contribution is 2.22. The molecule has 8 heteroatoms. The molecule has 1 atom stereocenters. The third-order valence-electron chi connectivity index (χ3n) is 4.33. The Hall–Kier alpha value is -2.22. The van der Waals surface area contributed by atoms with Crippen molar-refractivity contribution >= 4 is 28.2 Å². The Balaban J connectivity index is 1.90. The number of hydrogen-bond donors (Lipinski definition) is 1. The number of carboxylic acid groups (broad SMARTS) is 1. The molecule has 3 rings (SSSR count). The topological polar surface area (TPSA) is 92.0 Å². The lowest BCUT2D eigenvalue weighted by Crippen LogP contribution is -2.45. The second-order valence-electron chi connectivity index (χ2n) is 6.05. The summed E-state index contributed by atoms with van der Waals surface area (Å²) in [5, 5.41) is 8.89. The molecule has 3 heterocycles. The summed E-state index contributed by atoms with van der Waals surface area (Å²) in [6, 6.07) is -0.133. The molecule has 0 aromatic carbocycles. The standard InChI is InChI=1S/C16H19N3O4S/c1-10-9-19-15(23)12(8-17-16(19)24-10)14(22)18-7-3-2-4-11(18)5-6-13(20)21/h8-9,11H,2-7H2,1H3,(H,20,21)/t11-/m1/s1. The minimum atomic E-state index is -0.870. The number of amides is 1. The Kier molecular flexibility index (Phi) is 4.66. The molecule has 2 aromatic heterocycles. The molecule has 1 saturated heterocycles. The van der Waals surface area contributed by atoms with E-state index in [9.17, 15) is 14.4 Å². The highest BCUT2D eigenvalue weighted by molar-refractivity contribution is 7.16. The summed E-state index contributed by atoms with van der Waals surface area (Å²) < 4.78 is 1.41. The van der Waals surface area contributed by atoms with Gasteiger partial charge in [-0.2, -0.15) is 0 Å². The first-order valence-electron chi connectivity index (χ1n) is 7.98. The first-order chi connectivity index (χ1) is 11.5. The summed E-state index contributed by atoms with van der Waals surface area (Å²) in [6.45, 7) is 2.43. The van der Waals surface area contributed by atoms with Gasteiger partial charge in [-0.25, -0.2) is 4.98 Å². The zero-order chi connectivity index (χ0) is 17.3. The zero-order valence-electron chi connectivity index (χ0n) is 13.4. The second-order valence-corrected chi connectivity index (χ2v) is 7.27. The number of aromatic nitrogens is 2. The van der Waals surface area contributed by atoms with Crippen molar-refractivity contribution < 1.29 is 14.7 Å². The molecule has 0 unspecified atom stereocenters. The number of carbonyl (C=O) groups is 2. The molecule has 1 fully saturated rings. The van der Waals surface area contributed by atoms with Crippen LogP contribution in [-0.4, -0.2) is 43.9 Å². The van der Waals surface area contributed by atoms with Crippen molar-refractivity contribution in [3.05, 3.63) is 33.2 Å². The number of nitrogens with zero attached hydrogens (tertiary/aromatic N) is 3. The van der Waals surface area contributed by atoms with Gasteiger partial charge in [-0.05, 0) is 32.6 Å². The maximum Gasteiger partial charge on any atom is 0.303 e. The van der Waals surface area contributed by atoms with Crippen molar-refractivity contribution in [2.45, 2.75) is 45.1 Å². The normalized spacial score (nSPS) is 18.0. The smallest absolute Gasteiger partial charge is 0.303 e. The predicted molar refractivity (Wildman–Crippen MR) is 89.6 cm³/mol. The van der Waals surface area contributed by atoms with Crippen LogP contribution in [0.2, 0.25) is 0 Å². The molecule has 7 nitrogen and oxygen atoms in total. The van der Waals surface area contributed by atoms with E-state index in [-0.39, 0.29) is 29.5 Å². The van der Waals surface area contributed by atoms with Crippen LogP contribution in [0.25, 0.3) is 4.96 Å². The fourth-order valence-corrected chi connectivity index (χ4v) is 3.94. The van der Waals surface area contributed by atoms with E-state index in [1.807, 2.05) is 6.92 Å². The van der Waals surface area contributed by atoms with E-state index in [0.29, 0.717) is 17.9 Å². The summed E-state index contributed by atoms with van der Waals surface area (Å²) in [6.07, 6.45) is 6.07. The first-order valence-corrected chi connectivity index (χ1v) is 8.79. The van der Waals surface area contributed by atoms with E-state index in [2.05, 4.69) is 4.98 Å². The molecule has 0 radical (unpaired) electrons. The first kappa shape index (κ1) is 16.6. The van der Waals surface area contributed by atoms with Gasteiger partial charge in [-0.15, -0.1) is 11.3 Å². The number of aliphatic carboxylic acids is 1. The van der Waals surface area contributed by atoms with Gasteiger partial charge in [-0.3, -0.25) is 18.8 Å². The Morgan fingerprint density at radius 1 is 1.42 bits per heavy atom. The van der Waals surface area contributed by atoms with Crippen LogP contribution >= 0.6 is 11.3 Å². The molecular weight excluding hydrogens is 330 g/mol. The van der Waals surface area contributed by atoms with Crippen LogP contribution in [-0.2, 0) is 4.79 Å². The van der Waals surface area contributed by atoms with E-state index in [1.54, 1.807) is 11.1 Å². The lowest BCUT2D eigenvalue weighted by Gasteiger charge is -2.35. The Bertz CT molecular complexity index is 841. The minimum Gasteiger partial charge on any atom is -0.481 e. The number of aryl methyl sites for hydroxylation is 1. The van der Waals surface area contributed by atoms with Crippen LogP contribution < -0.4 is 5.56 Å². The third-order valence-corrected chi connectivity index (χ3v) is 5.24. The van der Waals surface area contributed by atoms with Crippen LogP contribution in [0, 0.1) is 6.92 Å². The molecule has 0 bridgehead atoms. The average molecular weight is 349 g/mol. The van der Waals surface area contributed by atoms with Gasteiger partial charge >= 0.3 is 5.97 Å². The number of hydrogen-bond acceptors (Lipinski definition) is 5. The highest BCUT2D eigenvalue weighted by atomic mass is 32.1. The SMILES string of the molecule is Cc1cn2c(=O)c(C(=O)N3CCCC[C@@H]3CCC(=O)O)cnc2s1. The number of carboxylic acids is 1. The summed E-state index contributed by atoms with van der Waals surface area (Å²) in [5.74, 6) is -1.22.